The number of benzene rings is 2. The van der Waals surface area contributed by atoms with Crippen LogP contribution in [0.3, 0.4) is 0 Å². The van der Waals surface area contributed by atoms with Gasteiger partial charge >= 0.3 is 29.3 Å². The van der Waals surface area contributed by atoms with Gasteiger partial charge in [0.25, 0.3) is 11.1 Å². The van der Waals surface area contributed by atoms with Gasteiger partial charge in [-0.1, -0.05) is 136 Å². The maximum absolute atomic E-state index is 12.2. The smallest absolute Gasteiger partial charge is 0.330 e. The monoisotopic (exact) mass is 1760 g/mol. The van der Waals surface area contributed by atoms with Crippen LogP contribution in [0, 0.1) is 43.4 Å². The number of halogens is 1. The quantitative estimate of drug-likeness (QED) is 0.0223. The summed E-state index contributed by atoms with van der Waals surface area (Å²) in [5, 5.41) is 12.4. The molecule has 4 unspecified atom stereocenters. The first-order chi connectivity index (χ1) is 54.4. The lowest BCUT2D eigenvalue weighted by atomic mass is 9.96. The van der Waals surface area contributed by atoms with E-state index in [2.05, 4.69) is 105 Å². The topological polar surface area (TPSA) is 372 Å². The predicted molar refractivity (Wildman–Crippen MR) is 457 cm³/mol. The summed E-state index contributed by atoms with van der Waals surface area (Å²) in [6, 6.07) is 21.1. The maximum Gasteiger partial charge on any atom is 0.330 e. The SMILES string of the molecule is CC(=O)OC1O[C@H](CCP(C)(C)=O)[C@@H](C)[C@H]1OC(C)=O.CC(=O)O[C@@H]1[C@H](C)[C@@H](CCP(C)(C)=O)O[C@H]1n1cc(C)c(=O)[nH]c1=O.CC(C)(C)[Si](Cl)(c1ccccc1)c1ccccc1.CCC(O)[C@H]1O[C@@H]2OC(C)(C)O[C@@H]2C1C.CCC[C@H]1O[C@@H]2OC(C)(C)O[C@@H]2C1C.C[C@H]1[C@H]2OC(C)(C)O[C@H]2O[C@@H]1CCP(C)(C)=O.Cc1c[nH]c(=O)[nH]c1=O. The minimum Gasteiger partial charge on any atom is -0.457 e. The lowest BCUT2D eigenvalue weighted by Crippen LogP contribution is -2.59. The Kier molecular flexibility index (Phi) is 36.7. The molecule has 8 fully saturated rings. The number of fused-ring (bicyclic) bond motifs is 3. The number of aliphatic hydroxyl groups is 1. The van der Waals surface area contributed by atoms with Crippen LogP contribution in [0.5, 0.6) is 0 Å². The number of hydrogen-bond donors (Lipinski definition) is 4. The summed E-state index contributed by atoms with van der Waals surface area (Å²) in [7, 11) is -8.54. The molecule has 0 amide bonds. The number of aryl methyl sites for hydroxylation is 2. The molecule has 8 aliphatic heterocycles. The molecule has 12 rings (SSSR count). The zero-order valence-electron chi connectivity index (χ0n) is 74.3. The van der Waals surface area contributed by atoms with Crippen molar-refractivity contribution in [2.24, 2.45) is 29.6 Å². The fourth-order valence-electron chi connectivity index (χ4n) is 15.2. The highest BCUT2D eigenvalue weighted by Crippen LogP contribution is 2.48. The van der Waals surface area contributed by atoms with Crippen molar-refractivity contribution in [3.05, 3.63) is 126 Å². The highest BCUT2D eigenvalue weighted by Gasteiger charge is 2.57. The minimum atomic E-state index is -2.23. The Morgan fingerprint density at radius 1 is 0.534 bits per heavy atom. The van der Waals surface area contributed by atoms with Gasteiger partial charge in [-0.25, -0.2) is 9.59 Å². The van der Waals surface area contributed by atoms with Gasteiger partial charge in [0.15, 0.2) is 54.7 Å². The summed E-state index contributed by atoms with van der Waals surface area (Å²) >= 11 is 7.21. The van der Waals surface area contributed by atoms with E-state index < -0.39 is 112 Å². The van der Waals surface area contributed by atoms with Crippen LogP contribution >= 0.6 is 32.5 Å². The van der Waals surface area contributed by atoms with Crippen molar-refractivity contribution in [2.45, 2.75) is 305 Å². The molecule has 34 heteroatoms. The Hall–Kier alpha value is -5.07. The third-order valence-electron chi connectivity index (χ3n) is 21.7. The number of hydrogen-bond acceptors (Lipinski definition) is 25. The molecule has 10 heterocycles. The van der Waals surface area contributed by atoms with E-state index in [1.54, 1.807) is 40.5 Å². The van der Waals surface area contributed by atoms with E-state index in [0.717, 1.165) is 25.4 Å². The first kappa shape index (κ1) is 102. The number of rotatable bonds is 19. The fraction of sp³-hybridized carbons (Fsp3) is 0.726. The molecule has 0 saturated carbocycles. The van der Waals surface area contributed by atoms with E-state index in [9.17, 15) is 52.4 Å². The Morgan fingerprint density at radius 2 is 0.915 bits per heavy atom. The molecule has 4 N–H and O–H groups in total. The van der Waals surface area contributed by atoms with Gasteiger partial charge in [-0.2, -0.15) is 11.1 Å². The molecule has 8 aliphatic rings. The van der Waals surface area contributed by atoms with Crippen molar-refractivity contribution >= 4 is 68.2 Å². The second kappa shape index (κ2) is 42.5. The Balaban J connectivity index is 0.000000217. The van der Waals surface area contributed by atoms with Gasteiger partial charge in [0.05, 0.1) is 58.0 Å². The fourth-order valence-corrected chi connectivity index (χ4v) is 22.0. The van der Waals surface area contributed by atoms with Crippen molar-refractivity contribution in [2.75, 3.05) is 58.5 Å². The van der Waals surface area contributed by atoms with Crippen molar-refractivity contribution in [1.82, 2.24) is 19.5 Å². The highest BCUT2D eigenvalue weighted by molar-refractivity contribution is 7.62. The van der Waals surface area contributed by atoms with Crippen LogP contribution in [0.2, 0.25) is 5.04 Å². The number of nitrogens with one attached hydrogen (secondary N) is 3. The van der Waals surface area contributed by atoms with Crippen LogP contribution in [0.4, 0.5) is 0 Å². The molecular formula is C84H136ClN4O25P3Si. The number of nitrogens with zero attached hydrogens (tertiary/aromatic N) is 1. The Labute approximate surface area is 702 Å². The van der Waals surface area contributed by atoms with E-state index in [1.165, 1.54) is 48.1 Å². The zero-order chi connectivity index (χ0) is 88.9. The van der Waals surface area contributed by atoms with Crippen LogP contribution in [-0.2, 0) is 94.4 Å². The number of aromatic amines is 3. The predicted octanol–water partition coefficient (Wildman–Crippen LogP) is 12.4. The van der Waals surface area contributed by atoms with Crippen LogP contribution in [0.1, 0.15) is 187 Å². The molecule has 4 aromatic rings. The van der Waals surface area contributed by atoms with E-state index in [-0.39, 0.29) is 89.9 Å². The van der Waals surface area contributed by atoms with Gasteiger partial charge in [0.1, 0.15) is 18.3 Å². The molecule has 29 nitrogen and oxygen atoms in total. The zero-order valence-corrected chi connectivity index (χ0v) is 78.8. The number of aromatic nitrogens is 4. The molecule has 0 bridgehead atoms. The number of carbonyl (C=O) groups excluding carboxylic acids is 3. The lowest BCUT2D eigenvalue weighted by Gasteiger charge is -2.38. The molecular weight excluding hydrogens is 1620 g/mol. The number of aliphatic hydroxyl groups excluding tert-OH is 1. The molecule has 668 valence electrons. The highest BCUT2D eigenvalue weighted by atomic mass is 35.6. The van der Waals surface area contributed by atoms with Crippen molar-refractivity contribution in [3.63, 3.8) is 0 Å². The summed E-state index contributed by atoms with van der Waals surface area (Å²) in [6.45, 7) is 50.0. The number of carbonyl (C=O) groups is 3. The van der Waals surface area contributed by atoms with Crippen molar-refractivity contribution in [1.29, 1.82) is 0 Å². The molecule has 0 aliphatic carbocycles. The molecule has 0 radical (unpaired) electrons. The second-order valence-electron chi connectivity index (χ2n) is 35.9. The summed E-state index contributed by atoms with van der Waals surface area (Å²) in [4.78, 5) is 85.0. The van der Waals surface area contributed by atoms with Crippen LogP contribution < -0.4 is 32.9 Å². The molecule has 2 aromatic heterocycles. The average molecular weight is 1760 g/mol. The number of ether oxygens (including phenoxy) is 14. The van der Waals surface area contributed by atoms with Gasteiger partial charge in [-0.05, 0) is 143 Å². The first-order valence-corrected chi connectivity index (χ1v) is 52.3. The maximum atomic E-state index is 12.2. The van der Waals surface area contributed by atoms with Crippen LogP contribution in [0.25, 0.3) is 0 Å². The van der Waals surface area contributed by atoms with Gasteiger partial charge in [0, 0.05) is 92.4 Å². The lowest BCUT2D eigenvalue weighted by molar-refractivity contribution is -0.219. The van der Waals surface area contributed by atoms with Gasteiger partial charge < -0.3 is 90.1 Å². The van der Waals surface area contributed by atoms with E-state index in [1.807, 2.05) is 94.7 Å². The van der Waals surface area contributed by atoms with E-state index in [4.69, 9.17) is 77.4 Å². The van der Waals surface area contributed by atoms with Gasteiger partial charge in [-0.15, -0.1) is 0 Å². The normalized spacial score (nSPS) is 30.3. The summed E-state index contributed by atoms with van der Waals surface area (Å²) in [5.74, 6) is -2.36. The summed E-state index contributed by atoms with van der Waals surface area (Å²) in [5.41, 5.74) is -1.03. The van der Waals surface area contributed by atoms with Crippen LogP contribution in [-0.4, -0.2) is 218 Å². The van der Waals surface area contributed by atoms with Crippen LogP contribution in [0.15, 0.2) is 92.2 Å². The minimum absolute atomic E-state index is 0.0168. The first-order valence-electron chi connectivity index (χ1n) is 41.0. The Bertz CT molecular complexity index is 4270. The second-order valence-corrected chi connectivity index (χ2v) is 52.4. The molecule has 8 saturated heterocycles. The van der Waals surface area contributed by atoms with Crippen molar-refractivity contribution < 1.29 is 99.5 Å². The van der Waals surface area contributed by atoms with Crippen molar-refractivity contribution in [3.8, 4) is 0 Å². The molecule has 21 atom stereocenters. The number of H-pyrrole nitrogens is 3. The molecule has 118 heavy (non-hydrogen) atoms. The third kappa shape index (κ3) is 29.3. The van der Waals surface area contributed by atoms with E-state index >= 15 is 0 Å². The largest absolute Gasteiger partial charge is 0.457 e. The standard InChI is InChI=1S/C16H19ClSi.C16H25N2O6P.C13H23O6P.C12H23O4P.C11H20O4.C11H20O3.C5H6N2O2/c1-16(2,3)18(17,14-10-6-4-7-11-14)15-12-8-5-9-13-15;1-9-8-18(16(21)17-14(9)20)15-13(23-11(3)19)10(2)12(24-15)6-7-25(4,5)22;1-8-11(6-7-20(4,5)16)19-13(18-10(3)15)12(8)17-9(2)14;1-8-9(6-7-17(4,5)13)14-11-10(8)15-12(2,3)16-11;1-5-7(12)8-6(2)9-10(13-8)15-11(3,4)14-9;1-5-6-8-7(2)9-10(12-8)14-11(3,4)13-9;1-3-2-6-5(9)7-4(3)8/h4-13H,1-3H3;8,10,12-13,15H,6-7H2,1-5H3,(H,17,20,21);8,11-13H,6-7H2,1-5H3;8-11H,6-7H2,1-5H3;6-10,12H,5H2,1-4H3;7-10H,5-6H2,1-4H3;2H,1H3,(H2,6,7,8,9)/t;10-,12-,13-,15-;8-,11-,12-,13?;8-,9-,10-,11-;6?,7?,8-,9+,10+;7?,8-,9-,10-;/m.11101./s1. The molecule has 0 spiro atoms. The Morgan fingerprint density at radius 3 is 1.29 bits per heavy atom. The average Bonchev–Trinajstić information content (AvgIpc) is 1.36. The van der Waals surface area contributed by atoms with E-state index in [0.29, 0.717) is 60.7 Å². The summed E-state index contributed by atoms with van der Waals surface area (Å²) in [6.07, 6.45) is 5.10. The van der Waals surface area contributed by atoms with Gasteiger partial charge in [-0.3, -0.25) is 38.5 Å². The molecule has 2 aromatic carbocycles. The summed E-state index contributed by atoms with van der Waals surface area (Å²) < 4.78 is 116. The van der Waals surface area contributed by atoms with Gasteiger partial charge in [0.2, 0.25) is 13.7 Å². The number of esters is 3. The third-order valence-corrected chi connectivity index (χ3v) is 33.1.